The molecular formula is C12H25NO2S. The quantitative estimate of drug-likeness (QED) is 0.502. The second kappa shape index (κ2) is 8.88. The van der Waals surface area contributed by atoms with Crippen LogP contribution in [0.3, 0.4) is 0 Å². The van der Waals surface area contributed by atoms with Crippen molar-refractivity contribution in [1.29, 1.82) is 0 Å². The molecule has 0 heterocycles. The van der Waals surface area contributed by atoms with Crippen molar-refractivity contribution < 1.29 is 9.53 Å². The number of rotatable bonds is 9. The first-order valence-electron chi connectivity index (χ1n) is 6.05. The predicted octanol–water partition coefficient (Wildman–Crippen LogP) is 2.45. The van der Waals surface area contributed by atoms with Crippen molar-refractivity contribution in [2.75, 3.05) is 26.0 Å². The smallest absolute Gasteiger partial charge is 0.307 e. The summed E-state index contributed by atoms with van der Waals surface area (Å²) in [6.07, 6.45) is 4.92. The van der Waals surface area contributed by atoms with E-state index < -0.39 is 0 Å². The van der Waals surface area contributed by atoms with Gasteiger partial charge in [0, 0.05) is 17.8 Å². The molecule has 0 saturated heterocycles. The predicted molar refractivity (Wildman–Crippen MR) is 70.9 cm³/mol. The van der Waals surface area contributed by atoms with Crippen LogP contribution in [0.4, 0.5) is 0 Å². The van der Waals surface area contributed by atoms with Gasteiger partial charge in [0.25, 0.3) is 0 Å². The average molecular weight is 247 g/mol. The molecule has 0 atom stereocenters. The van der Waals surface area contributed by atoms with E-state index in [-0.39, 0.29) is 5.97 Å². The van der Waals surface area contributed by atoms with E-state index in [2.05, 4.69) is 25.4 Å². The minimum atomic E-state index is -0.113. The highest BCUT2D eigenvalue weighted by atomic mass is 32.2. The van der Waals surface area contributed by atoms with Gasteiger partial charge in [-0.1, -0.05) is 13.8 Å². The Morgan fingerprint density at radius 3 is 2.38 bits per heavy atom. The molecule has 0 rings (SSSR count). The maximum Gasteiger partial charge on any atom is 0.307 e. The van der Waals surface area contributed by atoms with Crippen LogP contribution in [0.5, 0.6) is 0 Å². The second-order valence-electron chi connectivity index (χ2n) is 3.83. The van der Waals surface area contributed by atoms with Gasteiger partial charge in [0.05, 0.1) is 13.0 Å². The van der Waals surface area contributed by atoms with Gasteiger partial charge in [-0.15, -0.1) is 0 Å². The van der Waals surface area contributed by atoms with Gasteiger partial charge in [-0.3, -0.25) is 4.79 Å². The lowest BCUT2D eigenvalue weighted by atomic mass is 10.0. The number of esters is 1. The molecule has 16 heavy (non-hydrogen) atoms. The fraction of sp³-hybridized carbons (Fsp3) is 0.917. The van der Waals surface area contributed by atoms with E-state index >= 15 is 0 Å². The molecule has 0 radical (unpaired) electrons. The van der Waals surface area contributed by atoms with Gasteiger partial charge < -0.3 is 10.1 Å². The van der Waals surface area contributed by atoms with E-state index in [0.29, 0.717) is 24.3 Å². The molecule has 0 aromatic carbocycles. The highest BCUT2D eigenvalue weighted by Gasteiger charge is 2.23. The molecule has 1 N–H and O–H groups in total. The van der Waals surface area contributed by atoms with Crippen LogP contribution < -0.4 is 5.32 Å². The SMILES string of the molecule is CCOC(=O)CCNCC(CC)(CC)SC. The molecule has 0 bridgehead atoms. The van der Waals surface area contributed by atoms with Crippen LogP contribution >= 0.6 is 11.8 Å². The Kier molecular flexibility index (Phi) is 8.76. The summed E-state index contributed by atoms with van der Waals surface area (Å²) in [4.78, 5) is 11.1. The van der Waals surface area contributed by atoms with Crippen LogP contribution in [0.2, 0.25) is 0 Å². The number of hydrogen-bond acceptors (Lipinski definition) is 4. The van der Waals surface area contributed by atoms with Gasteiger partial charge in [0.1, 0.15) is 0 Å². The zero-order chi connectivity index (χ0) is 12.4. The number of nitrogens with one attached hydrogen (secondary N) is 1. The Bertz CT molecular complexity index is 185. The van der Waals surface area contributed by atoms with Crippen LogP contribution in [-0.4, -0.2) is 36.7 Å². The molecule has 96 valence electrons. The fourth-order valence-corrected chi connectivity index (χ4v) is 2.42. The molecule has 0 fully saturated rings. The van der Waals surface area contributed by atoms with Crippen molar-refractivity contribution in [3.05, 3.63) is 0 Å². The van der Waals surface area contributed by atoms with E-state index in [9.17, 15) is 4.79 Å². The van der Waals surface area contributed by atoms with Crippen molar-refractivity contribution in [1.82, 2.24) is 5.32 Å². The zero-order valence-corrected chi connectivity index (χ0v) is 11.8. The Morgan fingerprint density at radius 1 is 1.31 bits per heavy atom. The van der Waals surface area contributed by atoms with Crippen molar-refractivity contribution in [2.24, 2.45) is 0 Å². The van der Waals surface area contributed by atoms with E-state index in [1.54, 1.807) is 0 Å². The lowest BCUT2D eigenvalue weighted by Crippen LogP contribution is -2.37. The zero-order valence-electron chi connectivity index (χ0n) is 11.0. The first-order chi connectivity index (χ1) is 7.64. The topological polar surface area (TPSA) is 38.3 Å². The van der Waals surface area contributed by atoms with Gasteiger partial charge in [-0.05, 0) is 26.0 Å². The largest absolute Gasteiger partial charge is 0.466 e. The van der Waals surface area contributed by atoms with Gasteiger partial charge >= 0.3 is 5.97 Å². The van der Waals surface area contributed by atoms with E-state index in [4.69, 9.17) is 4.74 Å². The molecule has 0 unspecified atom stereocenters. The van der Waals surface area contributed by atoms with Gasteiger partial charge in [-0.2, -0.15) is 11.8 Å². The maximum absolute atomic E-state index is 11.1. The minimum absolute atomic E-state index is 0.113. The standard InChI is InChI=1S/C12H25NO2S/c1-5-12(6-2,16-4)10-13-9-8-11(14)15-7-3/h13H,5-10H2,1-4H3. The number of carbonyl (C=O) groups is 1. The van der Waals surface area contributed by atoms with Crippen molar-refractivity contribution in [2.45, 2.75) is 44.8 Å². The number of carbonyl (C=O) groups excluding carboxylic acids is 1. The molecule has 0 saturated carbocycles. The molecule has 0 aliphatic rings. The lowest BCUT2D eigenvalue weighted by Gasteiger charge is -2.29. The molecule has 0 spiro atoms. The molecule has 3 nitrogen and oxygen atoms in total. The molecule has 0 aliphatic heterocycles. The van der Waals surface area contributed by atoms with Crippen LogP contribution in [-0.2, 0) is 9.53 Å². The molecule has 0 aromatic heterocycles. The minimum Gasteiger partial charge on any atom is -0.466 e. The number of thioether (sulfide) groups is 1. The van der Waals surface area contributed by atoms with Crippen LogP contribution in [0, 0.1) is 0 Å². The summed E-state index contributed by atoms with van der Waals surface area (Å²) < 4.78 is 5.18. The molecule has 0 amide bonds. The fourth-order valence-electron chi connectivity index (χ4n) is 1.60. The van der Waals surface area contributed by atoms with Gasteiger partial charge in [0.2, 0.25) is 0 Å². The van der Waals surface area contributed by atoms with Gasteiger partial charge in [0.15, 0.2) is 0 Å². The normalized spacial score (nSPS) is 11.5. The number of hydrogen-bond donors (Lipinski definition) is 1. The Balaban J connectivity index is 3.74. The molecule has 0 aliphatic carbocycles. The Morgan fingerprint density at radius 2 is 1.94 bits per heavy atom. The van der Waals surface area contributed by atoms with Crippen LogP contribution in [0.1, 0.15) is 40.0 Å². The van der Waals surface area contributed by atoms with E-state index in [1.807, 2.05) is 18.7 Å². The first kappa shape index (κ1) is 15.8. The third-order valence-electron chi connectivity index (χ3n) is 2.98. The van der Waals surface area contributed by atoms with E-state index in [1.165, 1.54) is 0 Å². The molecule has 0 aromatic rings. The van der Waals surface area contributed by atoms with Crippen molar-refractivity contribution in [3.63, 3.8) is 0 Å². The maximum atomic E-state index is 11.1. The second-order valence-corrected chi connectivity index (χ2v) is 5.10. The highest BCUT2D eigenvalue weighted by Crippen LogP contribution is 2.29. The van der Waals surface area contributed by atoms with Crippen LogP contribution in [0.25, 0.3) is 0 Å². The summed E-state index contributed by atoms with van der Waals surface area (Å²) in [5.74, 6) is -0.113. The first-order valence-corrected chi connectivity index (χ1v) is 7.28. The lowest BCUT2D eigenvalue weighted by molar-refractivity contribution is -0.142. The summed E-state index contributed by atoms with van der Waals surface area (Å²) in [6.45, 7) is 8.40. The van der Waals surface area contributed by atoms with Crippen molar-refractivity contribution >= 4 is 17.7 Å². The van der Waals surface area contributed by atoms with Crippen LogP contribution in [0.15, 0.2) is 0 Å². The van der Waals surface area contributed by atoms with Crippen molar-refractivity contribution in [3.8, 4) is 0 Å². The summed E-state index contributed by atoms with van der Waals surface area (Å²) in [5.41, 5.74) is 0. The summed E-state index contributed by atoms with van der Waals surface area (Å²) >= 11 is 1.91. The Labute approximate surface area is 104 Å². The monoisotopic (exact) mass is 247 g/mol. The molecular weight excluding hydrogens is 222 g/mol. The highest BCUT2D eigenvalue weighted by molar-refractivity contribution is 8.00. The van der Waals surface area contributed by atoms with Gasteiger partial charge in [-0.25, -0.2) is 0 Å². The Hall–Kier alpha value is -0.220. The third kappa shape index (κ3) is 5.75. The number of ether oxygens (including phenoxy) is 1. The summed E-state index contributed by atoms with van der Waals surface area (Å²) in [5, 5.41) is 3.35. The third-order valence-corrected chi connectivity index (χ3v) is 4.57. The van der Waals surface area contributed by atoms with E-state index in [0.717, 1.165) is 19.4 Å². The summed E-state index contributed by atoms with van der Waals surface area (Å²) in [6, 6.07) is 0. The summed E-state index contributed by atoms with van der Waals surface area (Å²) in [7, 11) is 0. The average Bonchev–Trinajstić information content (AvgIpc) is 2.31. The molecule has 4 heteroatoms.